The first-order chi connectivity index (χ1) is 10.3. The summed E-state index contributed by atoms with van der Waals surface area (Å²) in [7, 11) is -0.764. The van der Waals surface area contributed by atoms with Crippen molar-refractivity contribution in [2.75, 3.05) is 20.8 Å². The Morgan fingerprint density at radius 1 is 1.27 bits per heavy atom. The van der Waals surface area contributed by atoms with Crippen molar-refractivity contribution in [1.29, 1.82) is 0 Å². The fourth-order valence-corrected chi connectivity index (χ4v) is 2.81. The van der Waals surface area contributed by atoms with Gasteiger partial charge in [0.15, 0.2) is 0 Å². The van der Waals surface area contributed by atoms with Gasteiger partial charge in [-0.25, -0.2) is 17.1 Å². The normalized spacial score (nSPS) is 12.0. The molecular formula is C13H17FN4O3S. The number of nitrogens with zero attached hydrogens (tertiary/aromatic N) is 4. The van der Waals surface area contributed by atoms with Crippen LogP contribution in [0.1, 0.15) is 5.56 Å². The lowest BCUT2D eigenvalue weighted by Crippen LogP contribution is -2.26. The molecule has 0 spiro atoms. The Balaban J connectivity index is 2.33. The standard InChI is InChI=1S/C13H17FN4O3S/c1-16(2)22(20,21)12-3-4-13(19)17(10-12)8-11-7-15-18(9-11)6-5-14/h3-4,7,9-10H,5-6,8H2,1-2H3. The van der Waals surface area contributed by atoms with Gasteiger partial charge in [0.25, 0.3) is 5.56 Å². The van der Waals surface area contributed by atoms with Gasteiger partial charge in [0.1, 0.15) is 6.67 Å². The largest absolute Gasteiger partial charge is 0.310 e. The molecular weight excluding hydrogens is 311 g/mol. The summed E-state index contributed by atoms with van der Waals surface area (Å²) in [5.74, 6) is 0. The zero-order chi connectivity index (χ0) is 16.3. The summed E-state index contributed by atoms with van der Waals surface area (Å²) in [5.41, 5.74) is 0.367. The molecule has 0 bridgehead atoms. The summed E-state index contributed by atoms with van der Waals surface area (Å²) in [6.07, 6.45) is 4.44. The molecule has 0 saturated heterocycles. The average Bonchev–Trinajstić information content (AvgIpc) is 2.88. The van der Waals surface area contributed by atoms with Crippen molar-refractivity contribution in [1.82, 2.24) is 18.7 Å². The predicted octanol–water partition coefficient (Wildman–Crippen LogP) is 0.313. The van der Waals surface area contributed by atoms with Gasteiger partial charge in [-0.05, 0) is 6.07 Å². The van der Waals surface area contributed by atoms with E-state index < -0.39 is 16.7 Å². The van der Waals surface area contributed by atoms with E-state index in [1.165, 1.54) is 47.9 Å². The lowest BCUT2D eigenvalue weighted by Gasteiger charge is -2.12. The first kappa shape index (κ1) is 16.4. The third-order valence-corrected chi connectivity index (χ3v) is 4.89. The van der Waals surface area contributed by atoms with Crippen molar-refractivity contribution in [2.45, 2.75) is 18.0 Å². The second kappa shape index (κ2) is 6.41. The number of rotatable bonds is 6. The maximum absolute atomic E-state index is 12.3. The first-order valence-corrected chi connectivity index (χ1v) is 7.99. The van der Waals surface area contributed by atoms with Gasteiger partial charge in [0, 0.05) is 38.1 Å². The molecule has 0 N–H and O–H groups in total. The van der Waals surface area contributed by atoms with Gasteiger partial charge in [-0.3, -0.25) is 9.48 Å². The van der Waals surface area contributed by atoms with Crippen LogP contribution >= 0.6 is 0 Å². The number of pyridine rings is 1. The molecule has 2 aromatic heterocycles. The van der Waals surface area contributed by atoms with Crippen molar-refractivity contribution < 1.29 is 12.8 Å². The van der Waals surface area contributed by atoms with Crippen LogP contribution in [-0.4, -0.2) is 47.8 Å². The second-order valence-electron chi connectivity index (χ2n) is 4.92. The Hall–Kier alpha value is -2.00. The highest BCUT2D eigenvalue weighted by Gasteiger charge is 2.18. The molecule has 0 aliphatic carbocycles. The van der Waals surface area contributed by atoms with Gasteiger partial charge in [-0.15, -0.1) is 0 Å². The van der Waals surface area contributed by atoms with Gasteiger partial charge < -0.3 is 4.57 Å². The van der Waals surface area contributed by atoms with Crippen molar-refractivity contribution in [3.05, 3.63) is 46.6 Å². The molecule has 9 heteroatoms. The summed E-state index contributed by atoms with van der Waals surface area (Å²) in [5, 5.41) is 3.97. The van der Waals surface area contributed by atoms with E-state index in [9.17, 15) is 17.6 Å². The molecule has 0 saturated carbocycles. The van der Waals surface area contributed by atoms with Crippen molar-refractivity contribution >= 4 is 10.0 Å². The Labute approximate surface area is 127 Å². The smallest absolute Gasteiger partial charge is 0.250 e. The number of hydrogen-bond acceptors (Lipinski definition) is 4. The molecule has 0 aliphatic rings. The minimum Gasteiger partial charge on any atom is -0.310 e. The van der Waals surface area contributed by atoms with E-state index in [2.05, 4.69) is 5.10 Å². The van der Waals surface area contributed by atoms with Crippen LogP contribution in [0.15, 0.2) is 40.4 Å². The van der Waals surface area contributed by atoms with E-state index in [0.717, 1.165) is 4.31 Å². The molecule has 0 aliphatic heterocycles. The van der Waals surface area contributed by atoms with Crippen LogP contribution in [0.5, 0.6) is 0 Å². The maximum Gasteiger partial charge on any atom is 0.250 e. The zero-order valence-corrected chi connectivity index (χ0v) is 13.1. The summed E-state index contributed by atoms with van der Waals surface area (Å²) in [6, 6.07) is 2.49. The Bertz CT molecular complexity index is 811. The zero-order valence-electron chi connectivity index (χ0n) is 12.3. The number of halogens is 1. The van der Waals surface area contributed by atoms with E-state index in [0.29, 0.717) is 5.56 Å². The van der Waals surface area contributed by atoms with E-state index in [-0.39, 0.29) is 23.5 Å². The van der Waals surface area contributed by atoms with Crippen molar-refractivity contribution in [3.8, 4) is 0 Å². The topological polar surface area (TPSA) is 77.2 Å². The van der Waals surface area contributed by atoms with Gasteiger partial charge in [-0.2, -0.15) is 5.10 Å². The Morgan fingerprint density at radius 2 is 2.00 bits per heavy atom. The maximum atomic E-state index is 12.3. The monoisotopic (exact) mass is 328 g/mol. The van der Waals surface area contributed by atoms with Crippen LogP contribution < -0.4 is 5.56 Å². The lowest BCUT2D eigenvalue weighted by atomic mass is 10.3. The van der Waals surface area contributed by atoms with Gasteiger partial charge in [0.2, 0.25) is 10.0 Å². The molecule has 2 aromatic rings. The molecule has 22 heavy (non-hydrogen) atoms. The van der Waals surface area contributed by atoms with Crippen molar-refractivity contribution in [2.24, 2.45) is 0 Å². The van der Waals surface area contributed by atoms with Gasteiger partial charge in [0.05, 0.1) is 24.2 Å². The number of aromatic nitrogens is 3. The van der Waals surface area contributed by atoms with Crippen LogP contribution in [0.2, 0.25) is 0 Å². The molecule has 120 valence electrons. The Kier molecular flexibility index (Phi) is 4.77. The van der Waals surface area contributed by atoms with Crippen LogP contribution in [-0.2, 0) is 23.1 Å². The molecule has 2 rings (SSSR count). The van der Waals surface area contributed by atoms with E-state index >= 15 is 0 Å². The molecule has 0 atom stereocenters. The van der Waals surface area contributed by atoms with Crippen LogP contribution in [0.4, 0.5) is 4.39 Å². The molecule has 0 aromatic carbocycles. The number of hydrogen-bond donors (Lipinski definition) is 0. The summed E-state index contributed by atoms with van der Waals surface area (Å²) in [4.78, 5) is 11.9. The first-order valence-electron chi connectivity index (χ1n) is 6.55. The minimum atomic E-state index is -3.61. The van der Waals surface area contributed by atoms with Crippen LogP contribution in [0, 0.1) is 0 Å². The molecule has 2 heterocycles. The van der Waals surface area contributed by atoms with Crippen molar-refractivity contribution in [3.63, 3.8) is 0 Å². The summed E-state index contributed by atoms with van der Waals surface area (Å²) < 4.78 is 40.2. The molecule has 0 radical (unpaired) electrons. The fraction of sp³-hybridized carbons (Fsp3) is 0.385. The summed E-state index contributed by atoms with van der Waals surface area (Å²) in [6.45, 7) is -0.219. The molecule has 0 fully saturated rings. The predicted molar refractivity (Wildman–Crippen MR) is 78.9 cm³/mol. The second-order valence-corrected chi connectivity index (χ2v) is 7.07. The van der Waals surface area contributed by atoms with Gasteiger partial charge >= 0.3 is 0 Å². The van der Waals surface area contributed by atoms with Gasteiger partial charge in [-0.1, -0.05) is 0 Å². The quantitative estimate of drug-likeness (QED) is 0.765. The highest BCUT2D eigenvalue weighted by atomic mass is 32.2. The van der Waals surface area contributed by atoms with E-state index in [1.807, 2.05) is 0 Å². The van der Waals surface area contributed by atoms with Crippen LogP contribution in [0.3, 0.4) is 0 Å². The lowest BCUT2D eigenvalue weighted by molar-refractivity contribution is 0.427. The molecule has 7 nitrogen and oxygen atoms in total. The highest BCUT2D eigenvalue weighted by Crippen LogP contribution is 2.11. The fourth-order valence-electron chi connectivity index (χ4n) is 1.89. The number of alkyl halides is 1. The van der Waals surface area contributed by atoms with E-state index in [4.69, 9.17) is 0 Å². The SMILES string of the molecule is CN(C)S(=O)(=O)c1ccc(=O)n(Cc2cnn(CCF)c2)c1. The number of sulfonamides is 1. The van der Waals surface area contributed by atoms with Crippen LogP contribution in [0.25, 0.3) is 0 Å². The number of aryl methyl sites for hydroxylation is 1. The third-order valence-electron chi connectivity index (χ3n) is 3.09. The molecule has 0 unspecified atom stereocenters. The Morgan fingerprint density at radius 3 is 2.64 bits per heavy atom. The average molecular weight is 328 g/mol. The van der Waals surface area contributed by atoms with E-state index in [1.54, 1.807) is 6.20 Å². The third kappa shape index (κ3) is 3.42. The summed E-state index contributed by atoms with van der Waals surface area (Å²) >= 11 is 0. The molecule has 0 amide bonds. The highest BCUT2D eigenvalue weighted by molar-refractivity contribution is 7.89. The minimum absolute atomic E-state index is 0.0354.